The zero-order valence-corrected chi connectivity index (χ0v) is 14.7. The Labute approximate surface area is 149 Å². The van der Waals surface area contributed by atoms with E-state index in [-0.39, 0.29) is 11.6 Å². The van der Waals surface area contributed by atoms with Crippen molar-refractivity contribution >= 4 is 0 Å². The molecule has 2 aromatic rings. The van der Waals surface area contributed by atoms with Crippen molar-refractivity contribution in [1.82, 2.24) is 4.90 Å². The van der Waals surface area contributed by atoms with Crippen molar-refractivity contribution in [3.05, 3.63) is 59.4 Å². The van der Waals surface area contributed by atoms with E-state index in [1.165, 1.54) is 12.5 Å². The molecule has 134 valence electrons. The van der Waals surface area contributed by atoms with E-state index in [9.17, 15) is 9.50 Å². The minimum atomic E-state index is -0.0975. The first-order valence-electron chi connectivity index (χ1n) is 8.97. The predicted octanol–water partition coefficient (Wildman–Crippen LogP) is 4.38. The van der Waals surface area contributed by atoms with Gasteiger partial charge in [-0.3, -0.25) is 4.90 Å². The van der Waals surface area contributed by atoms with Gasteiger partial charge >= 0.3 is 0 Å². The van der Waals surface area contributed by atoms with Crippen molar-refractivity contribution in [3.63, 3.8) is 0 Å². The molecule has 4 heteroatoms. The highest BCUT2D eigenvalue weighted by Crippen LogP contribution is 2.28. The van der Waals surface area contributed by atoms with Crippen LogP contribution in [0.15, 0.2) is 42.5 Å². The van der Waals surface area contributed by atoms with Gasteiger partial charge in [-0.1, -0.05) is 18.2 Å². The lowest BCUT2D eigenvalue weighted by atomic mass is 9.91. The van der Waals surface area contributed by atoms with Crippen LogP contribution >= 0.6 is 0 Å². The molecule has 3 rings (SSSR count). The van der Waals surface area contributed by atoms with E-state index in [0.717, 1.165) is 55.8 Å². The fourth-order valence-electron chi connectivity index (χ4n) is 3.72. The molecule has 1 fully saturated rings. The molecule has 0 amide bonds. The second-order valence-electron chi connectivity index (χ2n) is 6.87. The molecule has 0 bridgehead atoms. The number of aryl methyl sites for hydroxylation is 1. The maximum Gasteiger partial charge on any atom is 0.126 e. The molecular formula is C21H26FNO2. The summed E-state index contributed by atoms with van der Waals surface area (Å²) >= 11 is 0. The molecule has 1 N–H and O–H groups in total. The van der Waals surface area contributed by atoms with Gasteiger partial charge in [-0.25, -0.2) is 4.39 Å². The molecule has 1 saturated heterocycles. The van der Waals surface area contributed by atoms with Crippen LogP contribution in [0.1, 0.15) is 30.4 Å². The third-order valence-corrected chi connectivity index (χ3v) is 5.04. The summed E-state index contributed by atoms with van der Waals surface area (Å²) in [6.07, 6.45) is 4.15. The molecule has 1 heterocycles. The van der Waals surface area contributed by atoms with Gasteiger partial charge in [-0.15, -0.1) is 0 Å². The monoisotopic (exact) mass is 343 g/mol. The molecule has 0 saturated carbocycles. The third-order valence-electron chi connectivity index (χ3n) is 5.04. The number of ether oxygens (including phenoxy) is 1. The van der Waals surface area contributed by atoms with Crippen molar-refractivity contribution < 1.29 is 14.2 Å². The second-order valence-corrected chi connectivity index (χ2v) is 6.87. The number of methoxy groups -OCH3 is 1. The molecule has 0 radical (unpaired) electrons. The molecule has 0 unspecified atom stereocenters. The number of halogens is 1. The number of nitrogens with zero attached hydrogens (tertiary/aromatic N) is 1. The number of piperidine rings is 1. The summed E-state index contributed by atoms with van der Waals surface area (Å²) < 4.78 is 19.2. The molecule has 0 aromatic heterocycles. The van der Waals surface area contributed by atoms with E-state index in [1.54, 1.807) is 25.3 Å². The fourth-order valence-corrected chi connectivity index (χ4v) is 3.72. The standard InChI is InChI=1S/C21H26FNO2/c1-25-21-11-10-19(24)13-18(21)15-23-12-4-5-16(14-23)8-9-17-6-2-3-7-20(17)22/h2-3,6-7,10-11,13,16,24H,4-5,8-9,12,14-15H2,1H3/t16-/m0/s1. The van der Waals surface area contributed by atoms with Crippen molar-refractivity contribution in [2.75, 3.05) is 20.2 Å². The van der Waals surface area contributed by atoms with Gasteiger partial charge in [0, 0.05) is 18.7 Å². The van der Waals surface area contributed by atoms with E-state index in [2.05, 4.69) is 4.90 Å². The topological polar surface area (TPSA) is 32.7 Å². The van der Waals surface area contributed by atoms with E-state index in [4.69, 9.17) is 4.74 Å². The van der Waals surface area contributed by atoms with E-state index in [1.807, 2.05) is 18.2 Å². The van der Waals surface area contributed by atoms with Crippen LogP contribution in [0, 0.1) is 11.7 Å². The van der Waals surface area contributed by atoms with Gasteiger partial charge in [0.1, 0.15) is 17.3 Å². The number of rotatable bonds is 6. The Morgan fingerprint density at radius 1 is 1.20 bits per heavy atom. The summed E-state index contributed by atoms with van der Waals surface area (Å²) in [7, 11) is 1.66. The summed E-state index contributed by atoms with van der Waals surface area (Å²) in [5.41, 5.74) is 1.83. The number of hydrogen-bond acceptors (Lipinski definition) is 3. The van der Waals surface area contributed by atoms with Crippen molar-refractivity contribution in [2.24, 2.45) is 5.92 Å². The second kappa shape index (κ2) is 8.34. The Bertz CT molecular complexity index is 704. The minimum absolute atomic E-state index is 0.0975. The van der Waals surface area contributed by atoms with Gasteiger partial charge in [-0.2, -0.15) is 0 Å². The molecule has 1 aliphatic heterocycles. The molecule has 0 spiro atoms. The maximum absolute atomic E-state index is 13.8. The van der Waals surface area contributed by atoms with Gasteiger partial charge in [0.05, 0.1) is 7.11 Å². The van der Waals surface area contributed by atoms with Gasteiger partial charge < -0.3 is 9.84 Å². The van der Waals surface area contributed by atoms with E-state index >= 15 is 0 Å². The van der Waals surface area contributed by atoms with E-state index in [0.29, 0.717) is 5.92 Å². The zero-order chi connectivity index (χ0) is 17.6. The van der Waals surface area contributed by atoms with E-state index < -0.39 is 0 Å². The smallest absolute Gasteiger partial charge is 0.126 e. The number of phenolic OH excluding ortho intramolecular Hbond substituents is 1. The first-order valence-corrected chi connectivity index (χ1v) is 8.97. The lowest BCUT2D eigenvalue weighted by Gasteiger charge is -2.33. The highest BCUT2D eigenvalue weighted by Gasteiger charge is 2.21. The van der Waals surface area contributed by atoms with Crippen LogP contribution < -0.4 is 4.74 Å². The number of aromatic hydroxyl groups is 1. The summed E-state index contributed by atoms with van der Waals surface area (Å²) in [4.78, 5) is 2.41. The van der Waals surface area contributed by atoms with Crippen molar-refractivity contribution in [3.8, 4) is 11.5 Å². The lowest BCUT2D eigenvalue weighted by molar-refractivity contribution is 0.160. The Hall–Kier alpha value is -2.07. The average Bonchev–Trinajstić information content (AvgIpc) is 2.62. The molecule has 1 aliphatic rings. The van der Waals surface area contributed by atoms with Gasteiger partial charge in [0.2, 0.25) is 0 Å². The summed E-state index contributed by atoms with van der Waals surface area (Å²) in [6.45, 7) is 2.83. The highest BCUT2D eigenvalue weighted by molar-refractivity contribution is 5.39. The van der Waals surface area contributed by atoms with Crippen LogP contribution in [0.4, 0.5) is 4.39 Å². The molecule has 0 aliphatic carbocycles. The Morgan fingerprint density at radius 3 is 2.84 bits per heavy atom. The molecule has 3 nitrogen and oxygen atoms in total. The number of likely N-dealkylation sites (tertiary alicyclic amines) is 1. The highest BCUT2D eigenvalue weighted by atomic mass is 19.1. The normalized spacial score (nSPS) is 18.2. The number of phenols is 1. The van der Waals surface area contributed by atoms with Crippen molar-refractivity contribution in [2.45, 2.75) is 32.2 Å². The number of hydrogen-bond donors (Lipinski definition) is 1. The van der Waals surface area contributed by atoms with Gasteiger partial charge in [0.25, 0.3) is 0 Å². The summed E-state index contributed by atoms with van der Waals surface area (Å²) in [5, 5.41) is 9.74. The summed E-state index contributed by atoms with van der Waals surface area (Å²) in [6, 6.07) is 12.3. The molecule has 1 atom stereocenters. The van der Waals surface area contributed by atoms with Crippen LogP contribution in [0.3, 0.4) is 0 Å². The predicted molar refractivity (Wildman–Crippen MR) is 97.4 cm³/mol. The summed E-state index contributed by atoms with van der Waals surface area (Å²) in [5.74, 6) is 1.56. The molecular weight excluding hydrogens is 317 g/mol. The Kier molecular flexibility index (Phi) is 5.92. The minimum Gasteiger partial charge on any atom is -0.508 e. The van der Waals surface area contributed by atoms with Crippen LogP contribution in [0.5, 0.6) is 11.5 Å². The first-order chi connectivity index (χ1) is 12.2. The van der Waals surface area contributed by atoms with Gasteiger partial charge in [0.15, 0.2) is 0 Å². The van der Waals surface area contributed by atoms with Crippen LogP contribution in [-0.4, -0.2) is 30.2 Å². The number of benzene rings is 2. The van der Waals surface area contributed by atoms with Crippen LogP contribution in [0.25, 0.3) is 0 Å². The van der Waals surface area contributed by atoms with Gasteiger partial charge in [-0.05, 0) is 68.0 Å². The zero-order valence-electron chi connectivity index (χ0n) is 14.7. The fraction of sp³-hybridized carbons (Fsp3) is 0.429. The molecule has 2 aromatic carbocycles. The lowest BCUT2D eigenvalue weighted by Crippen LogP contribution is -2.35. The average molecular weight is 343 g/mol. The quantitative estimate of drug-likeness (QED) is 0.845. The third kappa shape index (κ3) is 4.73. The molecule has 25 heavy (non-hydrogen) atoms. The first kappa shape index (κ1) is 17.7. The van der Waals surface area contributed by atoms with Crippen molar-refractivity contribution in [1.29, 1.82) is 0 Å². The van der Waals surface area contributed by atoms with Crippen LogP contribution in [-0.2, 0) is 13.0 Å². The SMILES string of the molecule is COc1ccc(O)cc1CN1CCC[C@@H](CCc2ccccc2F)C1. The Morgan fingerprint density at radius 2 is 2.04 bits per heavy atom. The maximum atomic E-state index is 13.8. The largest absolute Gasteiger partial charge is 0.508 e. The Balaban J connectivity index is 1.58. The van der Waals surface area contributed by atoms with Crippen LogP contribution in [0.2, 0.25) is 0 Å².